The van der Waals surface area contributed by atoms with Gasteiger partial charge in [0.25, 0.3) is 5.91 Å². The third-order valence-electron chi connectivity index (χ3n) is 3.81. The van der Waals surface area contributed by atoms with Crippen molar-refractivity contribution in [1.82, 2.24) is 14.9 Å². The summed E-state index contributed by atoms with van der Waals surface area (Å²) in [4.78, 5) is 16.8. The average molecular weight is 345 g/mol. The Morgan fingerprint density at radius 3 is 2.72 bits per heavy atom. The van der Waals surface area contributed by atoms with E-state index in [0.717, 1.165) is 17.2 Å². The molecule has 0 aromatic carbocycles. The van der Waals surface area contributed by atoms with Gasteiger partial charge in [-0.1, -0.05) is 19.9 Å². The fraction of sp³-hybridized carbons (Fsp3) is 0.474. The number of amides is 1. The Kier molecular flexibility index (Phi) is 6.73. The molecule has 2 N–H and O–H groups in total. The van der Waals surface area contributed by atoms with Gasteiger partial charge in [0.15, 0.2) is 0 Å². The second-order valence-electron chi connectivity index (χ2n) is 6.60. The van der Waals surface area contributed by atoms with E-state index in [0.29, 0.717) is 18.1 Å². The largest absolute Gasteiger partial charge is 0.389 e. The lowest BCUT2D eigenvalue weighted by Crippen LogP contribution is -2.35. The van der Waals surface area contributed by atoms with Gasteiger partial charge in [-0.25, -0.2) is 4.98 Å². The predicted octanol–water partition coefficient (Wildman–Crippen LogP) is 2.25. The number of aromatic nitrogens is 2. The van der Waals surface area contributed by atoms with E-state index in [1.54, 1.807) is 6.20 Å². The molecule has 0 radical (unpaired) electrons. The van der Waals surface area contributed by atoms with Gasteiger partial charge in [-0.3, -0.25) is 4.79 Å². The topological polar surface area (TPSA) is 76.4 Å². The second-order valence-corrected chi connectivity index (χ2v) is 6.60. The van der Waals surface area contributed by atoms with Crippen LogP contribution < -0.4 is 5.32 Å². The van der Waals surface area contributed by atoms with Gasteiger partial charge in [0.05, 0.1) is 18.3 Å². The standard InChI is InChI=1S/C19H27N3O3/c1-13(2)11-25-12-16(23)10-21-19(24)17-9-14(3)22(15(17)4)18-7-5-6-8-20-18/h5-9,13,16,23H,10-12H2,1-4H3,(H,21,24). The summed E-state index contributed by atoms with van der Waals surface area (Å²) in [5.41, 5.74) is 2.33. The van der Waals surface area contributed by atoms with Crippen molar-refractivity contribution in [2.24, 2.45) is 5.92 Å². The number of nitrogens with one attached hydrogen (secondary N) is 1. The number of rotatable bonds is 8. The smallest absolute Gasteiger partial charge is 0.253 e. The van der Waals surface area contributed by atoms with E-state index in [-0.39, 0.29) is 19.1 Å². The summed E-state index contributed by atoms with van der Waals surface area (Å²) in [5.74, 6) is 0.982. The van der Waals surface area contributed by atoms with Crippen molar-refractivity contribution in [3.05, 3.63) is 47.4 Å². The highest BCUT2D eigenvalue weighted by atomic mass is 16.5. The molecule has 1 amide bonds. The molecule has 2 aromatic heterocycles. The van der Waals surface area contributed by atoms with Gasteiger partial charge >= 0.3 is 0 Å². The molecule has 2 aromatic rings. The quantitative estimate of drug-likeness (QED) is 0.769. The van der Waals surface area contributed by atoms with Crippen LogP contribution in [0.4, 0.5) is 0 Å². The SMILES string of the molecule is Cc1cc(C(=O)NCC(O)COCC(C)C)c(C)n1-c1ccccn1. The molecular weight excluding hydrogens is 318 g/mol. The number of aliphatic hydroxyl groups is 1. The molecule has 0 aliphatic heterocycles. The Hall–Kier alpha value is -2.18. The molecule has 0 aliphatic carbocycles. The average Bonchev–Trinajstić information content (AvgIpc) is 2.87. The summed E-state index contributed by atoms with van der Waals surface area (Å²) in [6.45, 7) is 8.88. The number of aliphatic hydroxyl groups excluding tert-OH is 1. The number of aryl methyl sites for hydroxylation is 1. The first kappa shape index (κ1) is 19.1. The van der Waals surface area contributed by atoms with E-state index in [2.05, 4.69) is 10.3 Å². The molecule has 25 heavy (non-hydrogen) atoms. The zero-order valence-corrected chi connectivity index (χ0v) is 15.3. The van der Waals surface area contributed by atoms with Crippen molar-refractivity contribution in [2.45, 2.75) is 33.8 Å². The van der Waals surface area contributed by atoms with Gasteiger partial charge in [0, 0.05) is 30.7 Å². The molecule has 1 unspecified atom stereocenters. The van der Waals surface area contributed by atoms with E-state index in [9.17, 15) is 9.90 Å². The van der Waals surface area contributed by atoms with E-state index in [1.807, 2.05) is 56.5 Å². The molecule has 0 aliphatic rings. The van der Waals surface area contributed by atoms with Crippen LogP contribution in [0, 0.1) is 19.8 Å². The van der Waals surface area contributed by atoms with Gasteiger partial charge in [0.2, 0.25) is 0 Å². The Labute approximate surface area is 148 Å². The molecule has 2 rings (SSSR count). The van der Waals surface area contributed by atoms with Crippen molar-refractivity contribution < 1.29 is 14.6 Å². The fourth-order valence-electron chi connectivity index (χ4n) is 2.64. The van der Waals surface area contributed by atoms with E-state index >= 15 is 0 Å². The first-order valence-corrected chi connectivity index (χ1v) is 8.54. The monoisotopic (exact) mass is 345 g/mol. The zero-order chi connectivity index (χ0) is 18.4. The Morgan fingerprint density at radius 2 is 2.08 bits per heavy atom. The van der Waals surface area contributed by atoms with Crippen molar-refractivity contribution in [3.8, 4) is 5.82 Å². The fourth-order valence-corrected chi connectivity index (χ4v) is 2.64. The van der Waals surface area contributed by atoms with E-state index < -0.39 is 6.10 Å². The summed E-state index contributed by atoms with van der Waals surface area (Å²) in [7, 11) is 0. The Morgan fingerprint density at radius 1 is 1.32 bits per heavy atom. The molecule has 0 spiro atoms. The molecule has 6 heteroatoms. The summed E-state index contributed by atoms with van der Waals surface area (Å²) < 4.78 is 7.33. The maximum atomic E-state index is 12.5. The number of carbonyl (C=O) groups is 1. The third-order valence-corrected chi connectivity index (χ3v) is 3.81. The number of nitrogens with zero attached hydrogens (tertiary/aromatic N) is 2. The maximum Gasteiger partial charge on any atom is 0.253 e. The van der Waals surface area contributed by atoms with E-state index in [4.69, 9.17) is 4.74 Å². The van der Waals surface area contributed by atoms with Crippen LogP contribution in [-0.2, 0) is 4.74 Å². The minimum Gasteiger partial charge on any atom is -0.389 e. The highest BCUT2D eigenvalue weighted by Gasteiger charge is 2.17. The summed E-state index contributed by atoms with van der Waals surface area (Å²) in [5, 5.41) is 12.7. The van der Waals surface area contributed by atoms with Gasteiger partial charge in [0.1, 0.15) is 5.82 Å². The number of hydrogen-bond acceptors (Lipinski definition) is 4. The van der Waals surface area contributed by atoms with Gasteiger partial charge in [-0.15, -0.1) is 0 Å². The lowest BCUT2D eigenvalue weighted by atomic mass is 10.2. The highest BCUT2D eigenvalue weighted by Crippen LogP contribution is 2.19. The molecule has 6 nitrogen and oxygen atoms in total. The van der Waals surface area contributed by atoms with Crippen LogP contribution in [0.5, 0.6) is 0 Å². The Balaban J connectivity index is 1.99. The molecule has 0 fully saturated rings. The summed E-state index contributed by atoms with van der Waals surface area (Å²) >= 11 is 0. The molecule has 0 bridgehead atoms. The second kappa shape index (κ2) is 8.78. The van der Waals surface area contributed by atoms with Gasteiger partial charge in [-0.05, 0) is 38.0 Å². The third kappa shape index (κ3) is 5.14. The highest BCUT2D eigenvalue weighted by molar-refractivity contribution is 5.95. The molecule has 0 saturated heterocycles. The summed E-state index contributed by atoms with van der Waals surface area (Å²) in [6, 6.07) is 7.50. The number of pyridine rings is 1. The first-order valence-electron chi connectivity index (χ1n) is 8.54. The van der Waals surface area contributed by atoms with Crippen LogP contribution >= 0.6 is 0 Å². The first-order chi connectivity index (χ1) is 11.9. The predicted molar refractivity (Wildman–Crippen MR) is 97.0 cm³/mol. The lowest BCUT2D eigenvalue weighted by Gasteiger charge is -2.13. The minimum atomic E-state index is -0.720. The number of hydrogen-bond donors (Lipinski definition) is 2. The number of carbonyl (C=O) groups excluding carboxylic acids is 1. The van der Waals surface area contributed by atoms with Gasteiger partial charge in [-0.2, -0.15) is 0 Å². The van der Waals surface area contributed by atoms with Crippen molar-refractivity contribution in [1.29, 1.82) is 0 Å². The van der Waals surface area contributed by atoms with Crippen LogP contribution in [0.1, 0.15) is 35.6 Å². The van der Waals surface area contributed by atoms with Crippen LogP contribution in [0.25, 0.3) is 5.82 Å². The van der Waals surface area contributed by atoms with Crippen molar-refractivity contribution in [2.75, 3.05) is 19.8 Å². The molecular formula is C19H27N3O3. The maximum absolute atomic E-state index is 12.5. The zero-order valence-electron chi connectivity index (χ0n) is 15.3. The van der Waals surface area contributed by atoms with Crippen molar-refractivity contribution >= 4 is 5.91 Å². The van der Waals surface area contributed by atoms with Crippen LogP contribution in [0.3, 0.4) is 0 Å². The molecule has 0 saturated carbocycles. The lowest BCUT2D eigenvalue weighted by molar-refractivity contribution is 0.0259. The minimum absolute atomic E-state index is 0.157. The van der Waals surface area contributed by atoms with Crippen LogP contribution in [0.2, 0.25) is 0 Å². The molecule has 2 heterocycles. The Bertz CT molecular complexity index is 695. The van der Waals surface area contributed by atoms with Gasteiger partial charge < -0.3 is 19.7 Å². The molecule has 1 atom stereocenters. The van der Waals surface area contributed by atoms with Crippen LogP contribution in [0.15, 0.2) is 30.5 Å². The normalized spacial score (nSPS) is 12.4. The van der Waals surface area contributed by atoms with Crippen molar-refractivity contribution in [3.63, 3.8) is 0 Å². The summed E-state index contributed by atoms with van der Waals surface area (Å²) in [6.07, 6.45) is 1.00. The molecule has 136 valence electrons. The van der Waals surface area contributed by atoms with E-state index in [1.165, 1.54) is 0 Å². The van der Waals surface area contributed by atoms with Crippen LogP contribution in [-0.4, -0.2) is 46.4 Å². The number of ether oxygens (including phenoxy) is 1.